The normalized spacial score (nSPS) is 11.9. The molecule has 0 saturated heterocycles. The van der Waals surface area contributed by atoms with Gasteiger partial charge in [0.2, 0.25) is 0 Å². The lowest BCUT2D eigenvalue weighted by molar-refractivity contribution is -0.145. The molecular weight excluding hydrogens is 228 g/mol. The van der Waals surface area contributed by atoms with Crippen molar-refractivity contribution in [2.24, 2.45) is 0 Å². The van der Waals surface area contributed by atoms with Crippen LogP contribution in [0.3, 0.4) is 0 Å². The van der Waals surface area contributed by atoms with Gasteiger partial charge in [-0.05, 0) is 25.8 Å². The Morgan fingerprint density at radius 2 is 1.94 bits per heavy atom. The number of hydrogen-bond acceptors (Lipinski definition) is 3. The second-order valence-corrected chi connectivity index (χ2v) is 4.10. The molecule has 0 aliphatic carbocycles. The summed E-state index contributed by atoms with van der Waals surface area (Å²) in [4.78, 5) is 11.9. The molecule has 0 bridgehead atoms. The van der Waals surface area contributed by atoms with E-state index in [-0.39, 0.29) is 11.9 Å². The first-order valence-electron chi connectivity index (χ1n) is 6.62. The van der Waals surface area contributed by atoms with E-state index in [4.69, 9.17) is 9.47 Å². The molecule has 0 amide bonds. The molecule has 0 fully saturated rings. The Kier molecular flexibility index (Phi) is 6.26. The zero-order chi connectivity index (χ0) is 13.4. The van der Waals surface area contributed by atoms with E-state index in [0.717, 1.165) is 17.7 Å². The van der Waals surface area contributed by atoms with Gasteiger partial charge in [0.1, 0.15) is 5.75 Å². The van der Waals surface area contributed by atoms with Crippen LogP contribution in [-0.4, -0.2) is 19.2 Å². The molecule has 0 radical (unpaired) electrons. The minimum Gasteiger partial charge on any atom is -0.493 e. The molecular formula is C15H22O3. The van der Waals surface area contributed by atoms with Gasteiger partial charge in [-0.15, -0.1) is 0 Å². The summed E-state index contributed by atoms with van der Waals surface area (Å²) < 4.78 is 10.8. The molecule has 1 aromatic carbocycles. The molecule has 1 aromatic rings. The van der Waals surface area contributed by atoms with E-state index in [1.807, 2.05) is 38.1 Å². The number of para-hydroxylation sites is 1. The molecule has 1 atom stereocenters. The molecule has 0 aromatic heterocycles. The number of ether oxygens (including phenoxy) is 2. The van der Waals surface area contributed by atoms with Crippen molar-refractivity contribution in [3.63, 3.8) is 0 Å². The van der Waals surface area contributed by atoms with Gasteiger partial charge in [0.15, 0.2) is 0 Å². The van der Waals surface area contributed by atoms with Crippen LogP contribution in [0.4, 0.5) is 0 Å². The highest BCUT2D eigenvalue weighted by atomic mass is 16.5. The van der Waals surface area contributed by atoms with Gasteiger partial charge in [-0.1, -0.05) is 32.0 Å². The standard InChI is InChI=1S/C15H22O3/c1-4-11-18-14-10-8-7-9-13(14)12(5-2)15(16)17-6-3/h7-10,12H,4-6,11H2,1-3H3. The highest BCUT2D eigenvalue weighted by molar-refractivity contribution is 5.79. The highest BCUT2D eigenvalue weighted by Crippen LogP contribution is 2.30. The van der Waals surface area contributed by atoms with Gasteiger partial charge in [-0.25, -0.2) is 0 Å². The average molecular weight is 250 g/mol. The monoisotopic (exact) mass is 250 g/mol. The fraction of sp³-hybridized carbons (Fsp3) is 0.533. The zero-order valence-electron chi connectivity index (χ0n) is 11.4. The van der Waals surface area contributed by atoms with Crippen molar-refractivity contribution in [1.29, 1.82) is 0 Å². The molecule has 0 heterocycles. The van der Waals surface area contributed by atoms with Crippen LogP contribution >= 0.6 is 0 Å². The molecule has 18 heavy (non-hydrogen) atoms. The second-order valence-electron chi connectivity index (χ2n) is 4.10. The number of rotatable bonds is 7. The molecule has 3 nitrogen and oxygen atoms in total. The molecule has 100 valence electrons. The predicted molar refractivity (Wildman–Crippen MR) is 71.9 cm³/mol. The number of hydrogen-bond donors (Lipinski definition) is 0. The third-order valence-corrected chi connectivity index (χ3v) is 2.74. The molecule has 1 unspecified atom stereocenters. The first-order valence-corrected chi connectivity index (χ1v) is 6.62. The molecule has 3 heteroatoms. The van der Waals surface area contributed by atoms with Gasteiger partial charge < -0.3 is 9.47 Å². The fourth-order valence-electron chi connectivity index (χ4n) is 1.87. The average Bonchev–Trinajstić information content (AvgIpc) is 2.39. The lowest BCUT2D eigenvalue weighted by atomic mass is 9.95. The van der Waals surface area contributed by atoms with Gasteiger partial charge in [0, 0.05) is 5.56 Å². The number of esters is 1. The number of benzene rings is 1. The van der Waals surface area contributed by atoms with Gasteiger partial charge in [0.25, 0.3) is 0 Å². The van der Waals surface area contributed by atoms with Crippen LogP contribution in [0, 0.1) is 0 Å². The number of carbonyl (C=O) groups is 1. The Bertz CT molecular complexity index is 374. The Morgan fingerprint density at radius 1 is 1.22 bits per heavy atom. The largest absolute Gasteiger partial charge is 0.493 e. The Balaban J connectivity index is 2.93. The van der Waals surface area contributed by atoms with Gasteiger partial charge in [0.05, 0.1) is 19.1 Å². The lowest BCUT2D eigenvalue weighted by Gasteiger charge is -2.17. The highest BCUT2D eigenvalue weighted by Gasteiger charge is 2.23. The minimum atomic E-state index is -0.238. The fourth-order valence-corrected chi connectivity index (χ4v) is 1.87. The van der Waals surface area contributed by atoms with Gasteiger partial charge in [-0.3, -0.25) is 4.79 Å². The quantitative estimate of drug-likeness (QED) is 0.694. The summed E-state index contributed by atoms with van der Waals surface area (Å²) in [7, 11) is 0. The topological polar surface area (TPSA) is 35.5 Å². The van der Waals surface area contributed by atoms with E-state index < -0.39 is 0 Å². The third kappa shape index (κ3) is 3.76. The molecule has 0 saturated carbocycles. The Hall–Kier alpha value is -1.51. The van der Waals surface area contributed by atoms with Crippen LogP contribution in [0.15, 0.2) is 24.3 Å². The van der Waals surface area contributed by atoms with Gasteiger partial charge in [-0.2, -0.15) is 0 Å². The van der Waals surface area contributed by atoms with Crippen molar-refractivity contribution < 1.29 is 14.3 Å². The molecule has 1 rings (SSSR count). The van der Waals surface area contributed by atoms with Crippen molar-refractivity contribution in [2.45, 2.75) is 39.5 Å². The van der Waals surface area contributed by atoms with Crippen LogP contribution in [0.1, 0.15) is 45.1 Å². The Labute approximate surface area is 109 Å². The summed E-state index contributed by atoms with van der Waals surface area (Å²) in [5.74, 6) is 0.379. The number of carbonyl (C=O) groups excluding carboxylic acids is 1. The molecule has 0 spiro atoms. The van der Waals surface area contributed by atoms with E-state index in [1.165, 1.54) is 0 Å². The van der Waals surface area contributed by atoms with Crippen LogP contribution in [0.25, 0.3) is 0 Å². The van der Waals surface area contributed by atoms with Crippen LogP contribution in [-0.2, 0) is 9.53 Å². The summed E-state index contributed by atoms with van der Waals surface area (Å²) >= 11 is 0. The van der Waals surface area contributed by atoms with Crippen molar-refractivity contribution in [3.05, 3.63) is 29.8 Å². The maximum Gasteiger partial charge on any atom is 0.313 e. The molecule has 0 aliphatic rings. The van der Waals surface area contributed by atoms with Gasteiger partial charge >= 0.3 is 5.97 Å². The first kappa shape index (κ1) is 14.6. The van der Waals surface area contributed by atoms with Crippen molar-refractivity contribution >= 4 is 5.97 Å². The smallest absolute Gasteiger partial charge is 0.313 e. The summed E-state index contributed by atoms with van der Waals surface area (Å²) in [6.07, 6.45) is 1.66. The van der Waals surface area contributed by atoms with E-state index >= 15 is 0 Å². The summed E-state index contributed by atoms with van der Waals surface area (Å²) in [5.41, 5.74) is 0.923. The minimum absolute atomic E-state index is 0.174. The maximum absolute atomic E-state index is 11.9. The Morgan fingerprint density at radius 3 is 2.56 bits per heavy atom. The van der Waals surface area contributed by atoms with E-state index in [9.17, 15) is 4.79 Å². The maximum atomic E-state index is 11.9. The SMILES string of the molecule is CCCOc1ccccc1C(CC)C(=O)OCC. The van der Waals surface area contributed by atoms with Crippen LogP contribution in [0.5, 0.6) is 5.75 Å². The van der Waals surface area contributed by atoms with Crippen molar-refractivity contribution in [1.82, 2.24) is 0 Å². The van der Waals surface area contributed by atoms with Crippen LogP contribution in [0.2, 0.25) is 0 Å². The zero-order valence-corrected chi connectivity index (χ0v) is 11.4. The molecule has 0 N–H and O–H groups in total. The second kappa shape index (κ2) is 7.75. The van der Waals surface area contributed by atoms with Crippen molar-refractivity contribution in [2.75, 3.05) is 13.2 Å². The van der Waals surface area contributed by atoms with Crippen molar-refractivity contribution in [3.8, 4) is 5.75 Å². The van der Waals surface area contributed by atoms with E-state index in [2.05, 4.69) is 6.92 Å². The molecule has 0 aliphatic heterocycles. The summed E-state index contributed by atoms with van der Waals surface area (Å²) in [6.45, 7) is 6.94. The summed E-state index contributed by atoms with van der Waals surface area (Å²) in [6, 6.07) is 7.70. The lowest BCUT2D eigenvalue weighted by Crippen LogP contribution is -2.16. The third-order valence-electron chi connectivity index (χ3n) is 2.74. The summed E-state index contributed by atoms with van der Waals surface area (Å²) in [5, 5.41) is 0. The van der Waals surface area contributed by atoms with E-state index in [0.29, 0.717) is 19.6 Å². The van der Waals surface area contributed by atoms with Crippen LogP contribution < -0.4 is 4.74 Å². The first-order chi connectivity index (χ1) is 8.74. The van der Waals surface area contributed by atoms with E-state index in [1.54, 1.807) is 0 Å². The predicted octanol–water partition coefficient (Wildman–Crippen LogP) is 3.53.